The SMILES string of the molecule is CC1=CC[C@@H]2CO[C@H](C[NH2+]CCO)[C@H]1C2. The molecule has 2 rings (SSSR count). The Labute approximate surface area is 91.5 Å². The molecule has 1 aliphatic heterocycles. The maximum Gasteiger partial charge on any atom is 0.113 e. The molecule has 3 nitrogen and oxygen atoms in total. The fraction of sp³-hybridized carbons (Fsp3) is 0.833. The third-order valence-corrected chi connectivity index (χ3v) is 3.67. The van der Waals surface area contributed by atoms with Crippen molar-refractivity contribution in [3.63, 3.8) is 0 Å². The van der Waals surface area contributed by atoms with Crippen molar-refractivity contribution in [3.8, 4) is 0 Å². The second-order valence-electron chi connectivity index (χ2n) is 4.80. The standard InChI is InChI=1S/C12H21NO2/c1-9-2-3-10-6-11(9)12(15-8-10)7-13-4-5-14/h2,10-14H,3-8H2,1H3/p+1/t10-,11-,12+/m0/s1. The summed E-state index contributed by atoms with van der Waals surface area (Å²) in [5.74, 6) is 1.39. The Morgan fingerprint density at radius 2 is 2.47 bits per heavy atom. The van der Waals surface area contributed by atoms with Crippen molar-refractivity contribution >= 4 is 0 Å². The number of fused-ring (bicyclic) bond motifs is 2. The maximum absolute atomic E-state index is 8.74. The van der Waals surface area contributed by atoms with Gasteiger partial charge in [-0.3, -0.25) is 0 Å². The summed E-state index contributed by atoms with van der Waals surface area (Å²) in [6.07, 6.45) is 5.26. The van der Waals surface area contributed by atoms with Crippen molar-refractivity contribution in [1.82, 2.24) is 0 Å². The van der Waals surface area contributed by atoms with Crippen LogP contribution < -0.4 is 5.32 Å². The van der Waals surface area contributed by atoms with Gasteiger partial charge in [0.2, 0.25) is 0 Å². The summed E-state index contributed by atoms with van der Waals surface area (Å²) in [7, 11) is 0. The van der Waals surface area contributed by atoms with Crippen LogP contribution in [0.1, 0.15) is 19.8 Å². The van der Waals surface area contributed by atoms with Crippen LogP contribution in [0, 0.1) is 11.8 Å². The summed E-state index contributed by atoms with van der Waals surface area (Å²) in [5.41, 5.74) is 1.51. The highest BCUT2D eigenvalue weighted by atomic mass is 16.5. The molecule has 3 atom stereocenters. The number of nitrogens with two attached hydrogens (primary N) is 1. The Morgan fingerprint density at radius 1 is 1.60 bits per heavy atom. The first-order valence-corrected chi connectivity index (χ1v) is 6.02. The lowest BCUT2D eigenvalue weighted by Crippen LogP contribution is -2.87. The van der Waals surface area contributed by atoms with E-state index >= 15 is 0 Å². The van der Waals surface area contributed by atoms with E-state index in [2.05, 4.69) is 18.3 Å². The molecule has 0 aromatic rings. The minimum Gasteiger partial charge on any atom is -0.391 e. The van der Waals surface area contributed by atoms with E-state index in [9.17, 15) is 0 Å². The molecule has 0 unspecified atom stereocenters. The molecule has 0 radical (unpaired) electrons. The van der Waals surface area contributed by atoms with Gasteiger partial charge >= 0.3 is 0 Å². The van der Waals surface area contributed by atoms with Crippen LogP contribution in [0.4, 0.5) is 0 Å². The lowest BCUT2D eigenvalue weighted by molar-refractivity contribution is -0.664. The largest absolute Gasteiger partial charge is 0.391 e. The molecule has 1 heterocycles. The molecule has 86 valence electrons. The van der Waals surface area contributed by atoms with E-state index < -0.39 is 0 Å². The van der Waals surface area contributed by atoms with E-state index in [1.807, 2.05) is 0 Å². The second kappa shape index (κ2) is 5.10. The Morgan fingerprint density at radius 3 is 3.27 bits per heavy atom. The zero-order chi connectivity index (χ0) is 10.7. The molecule has 1 saturated heterocycles. The van der Waals surface area contributed by atoms with Crippen LogP contribution in [-0.4, -0.2) is 37.5 Å². The van der Waals surface area contributed by atoms with E-state index in [0.717, 1.165) is 25.6 Å². The quantitative estimate of drug-likeness (QED) is 0.505. The van der Waals surface area contributed by atoms with Gasteiger partial charge in [0.15, 0.2) is 0 Å². The van der Waals surface area contributed by atoms with Crippen LogP contribution in [0.3, 0.4) is 0 Å². The average molecular weight is 212 g/mol. The fourth-order valence-corrected chi connectivity index (χ4v) is 2.71. The summed E-state index contributed by atoms with van der Waals surface area (Å²) in [5, 5.41) is 10.9. The number of aliphatic hydroxyl groups is 1. The number of hydrogen-bond acceptors (Lipinski definition) is 2. The first-order valence-electron chi connectivity index (χ1n) is 6.02. The smallest absolute Gasteiger partial charge is 0.113 e. The van der Waals surface area contributed by atoms with Gasteiger partial charge < -0.3 is 15.2 Å². The summed E-state index contributed by atoms with van der Waals surface area (Å²) < 4.78 is 5.91. The molecular formula is C12H22NO2+. The third kappa shape index (κ3) is 2.60. The van der Waals surface area contributed by atoms with Crippen molar-refractivity contribution in [2.24, 2.45) is 11.8 Å². The zero-order valence-electron chi connectivity index (χ0n) is 9.48. The van der Waals surface area contributed by atoms with Gasteiger partial charge in [-0.25, -0.2) is 0 Å². The van der Waals surface area contributed by atoms with E-state index in [0.29, 0.717) is 12.0 Å². The first-order chi connectivity index (χ1) is 7.31. The average Bonchev–Trinajstić information content (AvgIpc) is 2.26. The van der Waals surface area contributed by atoms with E-state index in [1.165, 1.54) is 18.4 Å². The predicted molar refractivity (Wildman–Crippen MR) is 58.5 cm³/mol. The van der Waals surface area contributed by atoms with Crippen LogP contribution in [0.15, 0.2) is 11.6 Å². The molecule has 0 aromatic carbocycles. The van der Waals surface area contributed by atoms with Crippen molar-refractivity contribution in [3.05, 3.63) is 11.6 Å². The highest BCUT2D eigenvalue weighted by Crippen LogP contribution is 2.36. The molecule has 0 amide bonds. The van der Waals surface area contributed by atoms with Crippen LogP contribution in [0.5, 0.6) is 0 Å². The molecule has 0 saturated carbocycles. The van der Waals surface area contributed by atoms with Crippen LogP contribution in [0.25, 0.3) is 0 Å². The lowest BCUT2D eigenvalue weighted by Gasteiger charge is -2.39. The van der Waals surface area contributed by atoms with E-state index in [4.69, 9.17) is 9.84 Å². The van der Waals surface area contributed by atoms with Gasteiger partial charge in [0.05, 0.1) is 19.8 Å². The Hall–Kier alpha value is -0.380. The van der Waals surface area contributed by atoms with Crippen molar-refractivity contribution in [2.45, 2.75) is 25.9 Å². The topological polar surface area (TPSA) is 46.1 Å². The molecule has 1 aliphatic carbocycles. The number of rotatable bonds is 4. The number of ether oxygens (including phenoxy) is 1. The number of aliphatic hydroxyl groups excluding tert-OH is 1. The molecule has 3 N–H and O–H groups in total. The van der Waals surface area contributed by atoms with Gasteiger partial charge in [-0.15, -0.1) is 0 Å². The van der Waals surface area contributed by atoms with Gasteiger partial charge in [0, 0.05) is 5.92 Å². The third-order valence-electron chi connectivity index (χ3n) is 3.67. The van der Waals surface area contributed by atoms with Gasteiger partial charge in [0.25, 0.3) is 0 Å². The van der Waals surface area contributed by atoms with Gasteiger partial charge in [-0.05, 0) is 25.7 Å². The van der Waals surface area contributed by atoms with Crippen LogP contribution in [0.2, 0.25) is 0 Å². The summed E-state index contributed by atoms with van der Waals surface area (Å²) in [6.45, 7) is 5.20. The van der Waals surface area contributed by atoms with Gasteiger partial charge in [-0.2, -0.15) is 0 Å². The van der Waals surface area contributed by atoms with Gasteiger partial charge in [0.1, 0.15) is 12.6 Å². The Bertz CT molecular complexity index is 240. The summed E-state index contributed by atoms with van der Waals surface area (Å²) in [6, 6.07) is 0. The Kier molecular flexibility index (Phi) is 3.78. The van der Waals surface area contributed by atoms with Crippen LogP contribution in [-0.2, 0) is 4.74 Å². The second-order valence-corrected chi connectivity index (χ2v) is 4.80. The zero-order valence-corrected chi connectivity index (χ0v) is 9.48. The molecular weight excluding hydrogens is 190 g/mol. The summed E-state index contributed by atoms with van der Waals surface area (Å²) >= 11 is 0. The van der Waals surface area contributed by atoms with Crippen molar-refractivity contribution in [2.75, 3.05) is 26.3 Å². The van der Waals surface area contributed by atoms with Crippen LogP contribution >= 0.6 is 0 Å². The predicted octanol–water partition coefficient (Wildman–Crippen LogP) is -0.0866. The summed E-state index contributed by atoms with van der Waals surface area (Å²) in [4.78, 5) is 0. The number of allylic oxidation sites excluding steroid dienone is 1. The highest BCUT2D eigenvalue weighted by Gasteiger charge is 2.35. The monoisotopic (exact) mass is 212 g/mol. The van der Waals surface area contributed by atoms with E-state index in [-0.39, 0.29) is 6.61 Å². The molecule has 0 spiro atoms. The lowest BCUT2D eigenvalue weighted by atomic mass is 9.77. The first kappa shape index (κ1) is 11.1. The molecule has 2 bridgehead atoms. The Balaban J connectivity index is 1.89. The molecule has 0 aromatic heterocycles. The molecule has 3 heteroatoms. The van der Waals surface area contributed by atoms with E-state index in [1.54, 1.807) is 0 Å². The molecule has 1 fully saturated rings. The minimum absolute atomic E-state index is 0.259. The van der Waals surface area contributed by atoms with Crippen molar-refractivity contribution in [1.29, 1.82) is 0 Å². The normalized spacial score (nSPS) is 35.1. The minimum atomic E-state index is 0.259. The number of hydrogen-bond donors (Lipinski definition) is 2. The van der Waals surface area contributed by atoms with Gasteiger partial charge in [-0.1, -0.05) is 11.6 Å². The maximum atomic E-state index is 8.74. The number of quaternary nitrogens is 1. The fourth-order valence-electron chi connectivity index (χ4n) is 2.71. The molecule has 2 aliphatic rings. The molecule has 15 heavy (non-hydrogen) atoms. The van der Waals surface area contributed by atoms with Crippen molar-refractivity contribution < 1.29 is 15.2 Å². The highest BCUT2D eigenvalue weighted by molar-refractivity contribution is 5.12.